The molecule has 0 aliphatic rings. The molecule has 0 N–H and O–H groups in total. The van der Waals surface area contributed by atoms with Crippen LogP contribution in [-0.4, -0.2) is 0 Å². The number of hydrogen-bond acceptors (Lipinski definition) is 1. The fraction of sp³-hybridized carbons (Fsp3) is 0.625. The Morgan fingerprint density at radius 3 is 1.80 bits per heavy atom. The van der Waals surface area contributed by atoms with Gasteiger partial charge in [-0.15, -0.1) is 12.3 Å². The van der Waals surface area contributed by atoms with Crippen LogP contribution in [0.4, 0.5) is 0 Å². The molecule has 0 aromatic heterocycles. The van der Waals surface area contributed by atoms with Gasteiger partial charge in [0.2, 0.25) is 0 Å². The van der Waals surface area contributed by atoms with E-state index in [9.17, 15) is 0 Å². The molecule has 0 aliphatic heterocycles. The maximum Gasteiger partial charge on any atom is 0.298 e. The van der Waals surface area contributed by atoms with Gasteiger partial charge in [0.05, 0.1) is 6.42 Å². The van der Waals surface area contributed by atoms with E-state index in [1.807, 2.05) is 6.92 Å². The first-order valence-electron chi connectivity index (χ1n) is 2.82. The van der Waals surface area contributed by atoms with Gasteiger partial charge < -0.3 is 5.21 Å². The highest BCUT2D eigenvalue weighted by atomic mass is 16.4. The van der Waals surface area contributed by atoms with Crippen molar-refractivity contribution in [2.24, 2.45) is 0 Å². The Morgan fingerprint density at radius 1 is 1.40 bits per heavy atom. The van der Waals surface area contributed by atoms with Gasteiger partial charge in [-0.05, 0) is 6.92 Å². The van der Waals surface area contributed by atoms with Crippen molar-refractivity contribution in [1.29, 1.82) is 0 Å². The molecule has 0 radical (unpaired) electrons. The van der Waals surface area contributed by atoms with Crippen LogP contribution >= 0.6 is 0 Å². The molecule has 0 saturated carbocycles. The fourth-order valence-electron chi connectivity index (χ4n) is 0.0645. The van der Waals surface area contributed by atoms with Gasteiger partial charge in [0.1, 0.15) is 0 Å². The molecular formula is C8H15NO. The summed E-state index contributed by atoms with van der Waals surface area (Å²) in [5, 5.41) is 11.4. The third-order valence-corrected chi connectivity index (χ3v) is 0.427. The minimum absolute atomic E-state index is 0. The molecule has 0 atom stereocenters. The van der Waals surface area contributed by atoms with Crippen LogP contribution in [0.3, 0.4) is 0 Å². The topological polar surface area (TPSA) is 27.4 Å². The lowest BCUT2D eigenvalue weighted by atomic mass is 10.5. The summed E-state index contributed by atoms with van der Waals surface area (Å²) in [5.41, 5.74) is 0. The summed E-state index contributed by atoms with van der Waals surface area (Å²) in [5.74, 6) is 2.43. The molecule has 0 saturated heterocycles. The van der Waals surface area contributed by atoms with E-state index in [1.165, 1.54) is 0 Å². The zero-order chi connectivity index (χ0) is 7.54. The van der Waals surface area contributed by atoms with Crippen LogP contribution in [0.5, 0.6) is 0 Å². The van der Waals surface area contributed by atoms with E-state index in [4.69, 9.17) is 11.6 Å². The second-order valence-corrected chi connectivity index (χ2v) is 1.16. The van der Waals surface area contributed by atoms with E-state index in [1.54, 1.807) is 6.92 Å². The Bertz CT molecular complexity index is 124. The van der Waals surface area contributed by atoms with Crippen LogP contribution < -0.4 is 0 Å². The largest absolute Gasteiger partial charge is 0.498 e. The van der Waals surface area contributed by atoms with Gasteiger partial charge >= 0.3 is 0 Å². The zero-order valence-electron chi connectivity index (χ0n) is 5.85. The summed E-state index contributed by atoms with van der Waals surface area (Å²) in [4.78, 5) is 0. The molecule has 0 fully saturated rings. The number of nitrogens with zero attached hydrogens (tertiary/aromatic N) is 1. The van der Waals surface area contributed by atoms with E-state index in [-0.39, 0.29) is 7.43 Å². The Hall–Kier alpha value is -1.15. The highest BCUT2D eigenvalue weighted by Crippen LogP contribution is 1.65. The first-order chi connectivity index (χ1) is 4.33. The number of rotatable bonds is 0. The lowest BCUT2D eigenvalue weighted by molar-refractivity contribution is 1.27. The molecule has 0 heterocycles. The van der Waals surface area contributed by atoms with E-state index in [2.05, 4.69) is 17.0 Å². The van der Waals surface area contributed by atoms with Gasteiger partial charge in [-0.3, -0.25) is 0 Å². The molecule has 0 spiro atoms. The predicted molar refractivity (Wildman–Crippen MR) is 46.8 cm³/mol. The SMILES string of the molecule is C.C#CCC.CCC#[N+][O-]. The highest BCUT2D eigenvalue weighted by Gasteiger charge is 1.63. The van der Waals surface area contributed by atoms with E-state index < -0.39 is 0 Å². The van der Waals surface area contributed by atoms with Crippen LogP contribution in [0.25, 0.3) is 5.01 Å². The molecule has 10 heavy (non-hydrogen) atoms. The molecule has 0 amide bonds. The Balaban J connectivity index is -0.0000000910. The summed E-state index contributed by atoms with van der Waals surface area (Å²) in [7, 11) is 0. The van der Waals surface area contributed by atoms with Gasteiger partial charge in [0, 0.05) is 11.4 Å². The lowest BCUT2D eigenvalue weighted by Gasteiger charge is -1.52. The molecule has 0 bridgehead atoms. The van der Waals surface area contributed by atoms with Gasteiger partial charge in [0.25, 0.3) is 6.07 Å². The van der Waals surface area contributed by atoms with Crippen LogP contribution in [0.15, 0.2) is 0 Å². The molecule has 58 valence electrons. The molecule has 0 rings (SSSR count). The molecular weight excluding hydrogens is 126 g/mol. The average molecular weight is 141 g/mol. The zero-order valence-corrected chi connectivity index (χ0v) is 5.85. The van der Waals surface area contributed by atoms with Crippen LogP contribution in [0.2, 0.25) is 0 Å². The first kappa shape index (κ1) is 15.9. The van der Waals surface area contributed by atoms with Crippen molar-refractivity contribution in [3.63, 3.8) is 0 Å². The van der Waals surface area contributed by atoms with Gasteiger partial charge in [-0.1, -0.05) is 14.4 Å². The molecule has 2 heteroatoms. The van der Waals surface area contributed by atoms with Crippen LogP contribution in [0.1, 0.15) is 34.1 Å². The Labute approximate surface area is 63.7 Å². The van der Waals surface area contributed by atoms with Gasteiger partial charge in [-0.25, -0.2) is 0 Å². The number of hydrogen-bond donors (Lipinski definition) is 0. The quantitative estimate of drug-likeness (QED) is 0.376. The molecule has 2 nitrogen and oxygen atoms in total. The average Bonchev–Trinajstić information content (AvgIpc) is 1.91. The maximum atomic E-state index is 9.04. The van der Waals surface area contributed by atoms with Crippen molar-refractivity contribution >= 4 is 0 Å². The van der Waals surface area contributed by atoms with E-state index in [0.29, 0.717) is 6.42 Å². The lowest BCUT2D eigenvalue weighted by Crippen LogP contribution is -1.41. The third kappa shape index (κ3) is 68.5. The van der Waals surface area contributed by atoms with Crippen molar-refractivity contribution < 1.29 is 0 Å². The minimum Gasteiger partial charge on any atom is -0.498 e. The van der Waals surface area contributed by atoms with Crippen molar-refractivity contribution in [2.45, 2.75) is 34.1 Å². The normalized spacial score (nSPS) is 4.50. The van der Waals surface area contributed by atoms with Gasteiger partial charge in [0.15, 0.2) is 0 Å². The van der Waals surface area contributed by atoms with Crippen molar-refractivity contribution in [2.75, 3.05) is 0 Å². The molecule has 0 aromatic rings. The standard InChI is InChI=1S/C4H6.C3H5NO.CH4/c1-3-4-2;1-2-3-4-5;/h1H,4H2,2H3;2H2,1H3;1H4. The monoisotopic (exact) mass is 141 g/mol. The summed E-state index contributed by atoms with van der Waals surface area (Å²) in [6.45, 7) is 3.75. The second-order valence-electron chi connectivity index (χ2n) is 1.16. The third-order valence-electron chi connectivity index (χ3n) is 0.427. The molecule has 0 aliphatic carbocycles. The Morgan fingerprint density at radius 2 is 1.80 bits per heavy atom. The summed E-state index contributed by atoms with van der Waals surface area (Å²) < 4.78 is 0. The van der Waals surface area contributed by atoms with E-state index >= 15 is 0 Å². The minimum atomic E-state index is 0. The van der Waals surface area contributed by atoms with E-state index in [0.717, 1.165) is 6.42 Å². The summed E-state index contributed by atoms with van der Waals surface area (Å²) >= 11 is 0. The summed E-state index contributed by atoms with van der Waals surface area (Å²) in [6, 6.07) is 2.18. The second kappa shape index (κ2) is 24.9. The maximum absolute atomic E-state index is 9.04. The van der Waals surface area contributed by atoms with Crippen LogP contribution in [0, 0.1) is 23.6 Å². The fourth-order valence-corrected chi connectivity index (χ4v) is 0.0645. The van der Waals surface area contributed by atoms with Crippen molar-refractivity contribution in [3.05, 3.63) is 10.2 Å². The number of terminal acetylenes is 1. The molecule has 0 unspecified atom stereocenters. The molecule has 0 aromatic carbocycles. The van der Waals surface area contributed by atoms with Crippen molar-refractivity contribution in [3.8, 4) is 18.4 Å². The highest BCUT2D eigenvalue weighted by molar-refractivity contribution is 4.84. The first-order valence-corrected chi connectivity index (χ1v) is 2.82. The van der Waals surface area contributed by atoms with Crippen molar-refractivity contribution in [1.82, 2.24) is 0 Å². The Kier molecular flexibility index (Phi) is 39.6. The van der Waals surface area contributed by atoms with Crippen LogP contribution in [-0.2, 0) is 0 Å². The predicted octanol–water partition coefficient (Wildman–Crippen LogP) is 2.89. The summed E-state index contributed by atoms with van der Waals surface area (Å²) in [6.07, 6.45) is 6.24. The van der Waals surface area contributed by atoms with Gasteiger partial charge in [-0.2, -0.15) is 0 Å². The smallest absolute Gasteiger partial charge is 0.298 e.